The molecule has 1 amide bonds. The second kappa shape index (κ2) is 9.24. The van der Waals surface area contributed by atoms with Gasteiger partial charge in [0, 0.05) is 30.0 Å². The number of hydrogen-bond acceptors (Lipinski definition) is 3. The van der Waals surface area contributed by atoms with Gasteiger partial charge in [-0.15, -0.1) is 0 Å². The molecule has 3 rings (SSSR count). The van der Waals surface area contributed by atoms with E-state index in [4.69, 9.17) is 16.3 Å². The molecule has 1 unspecified atom stereocenters. The first kappa shape index (κ1) is 19.0. The Morgan fingerprint density at radius 1 is 1.19 bits per heavy atom. The Bertz CT molecular complexity index is 846. The Kier molecular flexibility index (Phi) is 6.49. The third-order valence-electron chi connectivity index (χ3n) is 4.12. The summed E-state index contributed by atoms with van der Waals surface area (Å²) in [6.45, 7) is 2.20. The number of halogens is 1. The van der Waals surface area contributed by atoms with E-state index < -0.39 is 0 Å². The fraction of sp³-hybridized carbons (Fsp3) is 0.238. The molecule has 1 aromatic heterocycles. The molecule has 0 saturated heterocycles. The summed E-state index contributed by atoms with van der Waals surface area (Å²) in [6, 6.07) is 15.3. The van der Waals surface area contributed by atoms with Gasteiger partial charge in [0.25, 0.3) is 0 Å². The van der Waals surface area contributed by atoms with E-state index >= 15 is 0 Å². The van der Waals surface area contributed by atoms with E-state index in [1.807, 2.05) is 59.3 Å². The quantitative estimate of drug-likeness (QED) is 0.619. The monoisotopic (exact) mass is 383 g/mol. The predicted octanol–water partition coefficient (Wildman–Crippen LogP) is 4.58. The van der Waals surface area contributed by atoms with Gasteiger partial charge in [-0.05, 0) is 54.8 Å². The molecule has 0 spiro atoms. The number of amides is 1. The van der Waals surface area contributed by atoms with Gasteiger partial charge in [-0.25, -0.2) is 4.98 Å². The number of aryl methyl sites for hydroxylation is 1. The summed E-state index contributed by atoms with van der Waals surface area (Å²) in [6.07, 6.45) is 7.21. The number of nitrogens with zero attached hydrogens (tertiary/aromatic N) is 2. The number of imidazole rings is 1. The lowest BCUT2D eigenvalue weighted by Crippen LogP contribution is -2.23. The van der Waals surface area contributed by atoms with Gasteiger partial charge < -0.3 is 14.6 Å². The minimum absolute atomic E-state index is 0.0125. The maximum Gasteiger partial charge on any atom is 0.221 e. The first-order valence-corrected chi connectivity index (χ1v) is 9.21. The molecule has 0 saturated carbocycles. The molecule has 140 valence electrons. The van der Waals surface area contributed by atoms with Crippen molar-refractivity contribution in [3.8, 4) is 5.75 Å². The van der Waals surface area contributed by atoms with Crippen molar-refractivity contribution in [1.82, 2.24) is 9.55 Å². The van der Waals surface area contributed by atoms with Crippen molar-refractivity contribution >= 4 is 23.2 Å². The number of aromatic nitrogens is 2. The van der Waals surface area contributed by atoms with Crippen molar-refractivity contribution in [1.29, 1.82) is 0 Å². The van der Waals surface area contributed by atoms with Gasteiger partial charge in [-0.1, -0.05) is 23.7 Å². The number of hydrogen-bond donors (Lipinski definition) is 1. The lowest BCUT2D eigenvalue weighted by molar-refractivity contribution is -0.114. The summed E-state index contributed by atoms with van der Waals surface area (Å²) in [4.78, 5) is 15.2. The van der Waals surface area contributed by atoms with Gasteiger partial charge in [0.1, 0.15) is 11.9 Å². The van der Waals surface area contributed by atoms with Crippen LogP contribution in [0, 0.1) is 0 Å². The highest BCUT2D eigenvalue weighted by atomic mass is 35.5. The van der Waals surface area contributed by atoms with Gasteiger partial charge >= 0.3 is 0 Å². The fourth-order valence-corrected chi connectivity index (χ4v) is 2.93. The third-order valence-corrected chi connectivity index (χ3v) is 4.37. The zero-order valence-corrected chi connectivity index (χ0v) is 15.9. The predicted molar refractivity (Wildman–Crippen MR) is 107 cm³/mol. The maximum atomic E-state index is 11.1. The average Bonchev–Trinajstić information content (AvgIpc) is 3.15. The maximum absolute atomic E-state index is 11.1. The van der Waals surface area contributed by atoms with Crippen LogP contribution in [0.1, 0.15) is 18.9 Å². The molecule has 0 aliphatic heterocycles. The van der Waals surface area contributed by atoms with Gasteiger partial charge in [0.05, 0.1) is 12.9 Å². The molecular formula is C21H22ClN3O2. The summed E-state index contributed by atoms with van der Waals surface area (Å²) in [5.74, 6) is 0.676. The Morgan fingerprint density at radius 3 is 2.56 bits per heavy atom. The summed E-state index contributed by atoms with van der Waals surface area (Å²) < 4.78 is 8.22. The Hall–Kier alpha value is -2.79. The summed E-state index contributed by atoms with van der Waals surface area (Å²) in [5, 5.41) is 3.50. The fourth-order valence-electron chi connectivity index (χ4n) is 2.81. The van der Waals surface area contributed by atoms with Crippen molar-refractivity contribution < 1.29 is 9.53 Å². The first-order valence-electron chi connectivity index (χ1n) is 8.83. The molecule has 0 aliphatic carbocycles. The number of nitrogens with one attached hydrogen (secondary N) is 1. The zero-order chi connectivity index (χ0) is 19.1. The summed E-state index contributed by atoms with van der Waals surface area (Å²) in [7, 11) is 0. The molecule has 0 fully saturated rings. The minimum atomic E-state index is -0.0929. The van der Waals surface area contributed by atoms with Gasteiger partial charge in [-0.3, -0.25) is 4.79 Å². The molecule has 2 aromatic carbocycles. The van der Waals surface area contributed by atoms with Crippen LogP contribution in [-0.2, 0) is 17.8 Å². The molecule has 5 nitrogen and oxygen atoms in total. The Balaban J connectivity index is 1.65. The Labute approximate surface area is 164 Å². The molecule has 1 heterocycles. The van der Waals surface area contributed by atoms with E-state index in [9.17, 15) is 4.79 Å². The lowest BCUT2D eigenvalue weighted by atomic mass is 10.1. The SMILES string of the molecule is CC(=O)Nc1ccc(OC(CCc2ccc(Cl)cc2)Cn2ccnc2)cc1. The molecule has 0 bridgehead atoms. The van der Waals surface area contributed by atoms with Crippen LogP contribution < -0.4 is 10.1 Å². The standard InChI is InChI=1S/C21H22ClN3O2/c1-16(26)24-19-7-10-20(11-8-19)27-21(14-25-13-12-23-15-25)9-4-17-2-5-18(22)6-3-17/h2-3,5-8,10-13,15,21H,4,9,14H2,1H3,(H,24,26). The largest absolute Gasteiger partial charge is 0.489 e. The van der Waals surface area contributed by atoms with Gasteiger partial charge in [0.15, 0.2) is 0 Å². The topological polar surface area (TPSA) is 56.1 Å². The molecule has 6 heteroatoms. The zero-order valence-electron chi connectivity index (χ0n) is 15.1. The summed E-state index contributed by atoms with van der Waals surface area (Å²) in [5.41, 5.74) is 1.97. The van der Waals surface area contributed by atoms with Gasteiger partial charge in [0.2, 0.25) is 5.91 Å². The highest BCUT2D eigenvalue weighted by molar-refractivity contribution is 6.30. The number of rotatable bonds is 8. The van der Waals surface area contributed by atoms with Crippen molar-refractivity contribution in [2.75, 3.05) is 5.32 Å². The third kappa shape index (κ3) is 6.15. The second-order valence-electron chi connectivity index (χ2n) is 6.37. The molecule has 0 aliphatic rings. The van der Waals surface area contributed by atoms with E-state index in [1.54, 1.807) is 12.5 Å². The Morgan fingerprint density at radius 2 is 1.93 bits per heavy atom. The molecule has 1 atom stereocenters. The van der Waals surface area contributed by atoms with Crippen molar-refractivity contribution in [2.24, 2.45) is 0 Å². The van der Waals surface area contributed by atoms with Crippen LogP contribution in [0.5, 0.6) is 5.75 Å². The van der Waals surface area contributed by atoms with Crippen molar-refractivity contribution in [3.63, 3.8) is 0 Å². The van der Waals surface area contributed by atoms with E-state index in [2.05, 4.69) is 10.3 Å². The highest BCUT2D eigenvalue weighted by Gasteiger charge is 2.12. The molecule has 3 aromatic rings. The van der Waals surface area contributed by atoms with Crippen LogP contribution in [0.3, 0.4) is 0 Å². The van der Waals surface area contributed by atoms with E-state index in [0.29, 0.717) is 6.54 Å². The van der Waals surface area contributed by atoms with Crippen LogP contribution in [-0.4, -0.2) is 21.6 Å². The van der Waals surface area contributed by atoms with E-state index in [0.717, 1.165) is 29.3 Å². The number of carbonyl (C=O) groups excluding carboxylic acids is 1. The van der Waals surface area contributed by atoms with Gasteiger partial charge in [-0.2, -0.15) is 0 Å². The van der Waals surface area contributed by atoms with E-state index in [1.165, 1.54) is 12.5 Å². The highest BCUT2D eigenvalue weighted by Crippen LogP contribution is 2.20. The van der Waals surface area contributed by atoms with E-state index in [-0.39, 0.29) is 12.0 Å². The van der Waals surface area contributed by atoms with Crippen LogP contribution in [0.25, 0.3) is 0 Å². The van der Waals surface area contributed by atoms with Crippen LogP contribution in [0.4, 0.5) is 5.69 Å². The molecule has 27 heavy (non-hydrogen) atoms. The minimum Gasteiger partial charge on any atom is -0.489 e. The lowest BCUT2D eigenvalue weighted by Gasteiger charge is -2.20. The molecule has 1 N–H and O–H groups in total. The van der Waals surface area contributed by atoms with Crippen LogP contribution >= 0.6 is 11.6 Å². The normalized spacial score (nSPS) is 11.8. The smallest absolute Gasteiger partial charge is 0.221 e. The number of anilines is 1. The molecular weight excluding hydrogens is 362 g/mol. The average molecular weight is 384 g/mol. The first-order chi connectivity index (χ1) is 13.1. The molecule has 0 radical (unpaired) electrons. The second-order valence-corrected chi connectivity index (χ2v) is 6.81. The number of benzene rings is 2. The van der Waals surface area contributed by atoms with Crippen LogP contribution in [0.15, 0.2) is 67.3 Å². The van der Waals surface area contributed by atoms with Crippen molar-refractivity contribution in [2.45, 2.75) is 32.4 Å². The summed E-state index contributed by atoms with van der Waals surface area (Å²) >= 11 is 5.96. The number of ether oxygens (including phenoxy) is 1. The number of carbonyl (C=O) groups is 1. The van der Waals surface area contributed by atoms with Crippen molar-refractivity contribution in [3.05, 3.63) is 77.8 Å². The van der Waals surface area contributed by atoms with Crippen LogP contribution in [0.2, 0.25) is 5.02 Å².